The Kier molecular flexibility index (Phi) is 12.7. The van der Waals surface area contributed by atoms with Gasteiger partial charge in [-0.25, -0.2) is 15.0 Å². The van der Waals surface area contributed by atoms with Crippen molar-refractivity contribution >= 4 is 51.8 Å². The topological polar surface area (TPSA) is 242 Å². The molecule has 0 saturated heterocycles. The van der Waals surface area contributed by atoms with Gasteiger partial charge in [0.2, 0.25) is 16.9 Å². The van der Waals surface area contributed by atoms with E-state index >= 15 is 0 Å². The first kappa shape index (κ1) is 36.9. The zero-order valence-electron chi connectivity index (χ0n) is 27.7. The normalized spacial score (nSPS) is 10.1. The second-order valence-electron chi connectivity index (χ2n) is 10.2. The van der Waals surface area contributed by atoms with E-state index in [4.69, 9.17) is 26.8 Å². The van der Waals surface area contributed by atoms with Gasteiger partial charge < -0.3 is 25.8 Å². The molecule has 51 heavy (non-hydrogen) atoms. The smallest absolute Gasteiger partial charge is 0.329 e. The summed E-state index contributed by atoms with van der Waals surface area (Å²) in [6.07, 6.45) is 6.26. The molecule has 6 aromatic rings. The number of aromatic nitrogens is 8. The van der Waals surface area contributed by atoms with Crippen LogP contribution < -0.4 is 25.8 Å². The summed E-state index contributed by atoms with van der Waals surface area (Å²) in [4.78, 5) is 36.7. The molecule has 264 valence electrons. The van der Waals surface area contributed by atoms with E-state index in [1.165, 1.54) is 6.20 Å². The summed E-state index contributed by atoms with van der Waals surface area (Å²) in [6, 6.07) is 17.5. The Balaban J connectivity index is 0.000000197. The van der Waals surface area contributed by atoms with Crippen LogP contribution >= 0.6 is 11.6 Å². The minimum atomic E-state index is -0.581. The second-order valence-corrected chi connectivity index (χ2v) is 10.5. The number of nitrogens with zero attached hydrogens (tertiary/aromatic N) is 10. The van der Waals surface area contributed by atoms with Crippen molar-refractivity contribution in [3.63, 3.8) is 0 Å². The van der Waals surface area contributed by atoms with E-state index in [0.717, 1.165) is 11.9 Å². The number of rotatable bonds is 10. The summed E-state index contributed by atoms with van der Waals surface area (Å²) in [7, 11) is 6.77. The number of hydrogen-bond donors (Lipinski definition) is 3. The van der Waals surface area contributed by atoms with Crippen LogP contribution in [0, 0.1) is 20.2 Å². The summed E-state index contributed by atoms with van der Waals surface area (Å²) in [6.45, 7) is 0. The van der Waals surface area contributed by atoms with E-state index in [1.54, 1.807) is 84.4 Å². The number of nitrogen functional groups attached to an aromatic ring is 1. The molecule has 20 heteroatoms. The van der Waals surface area contributed by atoms with Crippen LogP contribution in [0.4, 0.5) is 40.2 Å². The van der Waals surface area contributed by atoms with E-state index in [2.05, 4.69) is 40.8 Å². The van der Waals surface area contributed by atoms with E-state index in [-0.39, 0.29) is 28.3 Å². The molecular formula is C31H32ClN13O6. The van der Waals surface area contributed by atoms with Gasteiger partial charge in [-0.1, -0.05) is 0 Å². The number of anilines is 5. The van der Waals surface area contributed by atoms with Crippen LogP contribution in [0.25, 0.3) is 0 Å². The maximum Gasteiger partial charge on any atom is 0.329 e. The highest BCUT2D eigenvalue weighted by atomic mass is 35.5. The number of aryl methyl sites for hydroxylation is 2. The van der Waals surface area contributed by atoms with Gasteiger partial charge in [0.15, 0.2) is 0 Å². The van der Waals surface area contributed by atoms with Crippen LogP contribution in [0.3, 0.4) is 0 Å². The molecule has 0 radical (unpaired) electrons. The standard InChI is InChI=1S/C16H16N6O3.C11H9ClN4O3.C4H7N3/c1-21-8-7-12(20-21)9-15-17-10-14(22(23)24)16(19-15)18-11-3-5-13(25-2)6-4-11;1-19-8-4-2-7(3-5-8)14-10-9(16(17)18)6-13-11(12)15-10;1-7-3-2-4(5)6-7/h3-8,10H,9H2,1-2H3,(H,17,18,19);2-6H,1H3,(H,13,14,15);2-3H,1H3,(H2,5,6). The molecule has 0 saturated carbocycles. The molecule has 2 aromatic carbocycles. The highest BCUT2D eigenvalue weighted by Gasteiger charge is 2.19. The lowest BCUT2D eigenvalue weighted by Gasteiger charge is -2.08. The number of nitrogens with one attached hydrogen (secondary N) is 2. The number of benzene rings is 2. The fraction of sp³-hybridized carbons (Fsp3) is 0.161. The van der Waals surface area contributed by atoms with Crippen molar-refractivity contribution in [2.45, 2.75) is 6.42 Å². The van der Waals surface area contributed by atoms with Crippen molar-refractivity contribution in [1.82, 2.24) is 39.5 Å². The molecule has 0 aliphatic heterocycles. The summed E-state index contributed by atoms with van der Waals surface area (Å²) < 4.78 is 13.5. The number of hydrogen-bond acceptors (Lipinski definition) is 15. The maximum atomic E-state index is 11.2. The van der Waals surface area contributed by atoms with Gasteiger partial charge in [0.05, 0.1) is 36.2 Å². The average Bonchev–Trinajstić information content (AvgIpc) is 3.71. The minimum absolute atomic E-state index is 0.0372. The van der Waals surface area contributed by atoms with Crippen molar-refractivity contribution < 1.29 is 19.3 Å². The SMILES string of the molecule is COc1ccc(Nc2nc(Cc3ccn(C)n3)ncc2[N+](=O)[O-])cc1.COc1ccc(Nc2nc(Cl)ncc2[N+](=O)[O-])cc1.Cn1ccc(N)n1. The molecular weight excluding hydrogens is 686 g/mol. The molecule has 0 fully saturated rings. The Morgan fingerprint density at radius 1 is 0.745 bits per heavy atom. The second kappa shape index (κ2) is 17.5. The lowest BCUT2D eigenvalue weighted by molar-refractivity contribution is -0.384. The van der Waals surface area contributed by atoms with Crippen LogP contribution in [0.2, 0.25) is 5.28 Å². The van der Waals surface area contributed by atoms with Crippen molar-refractivity contribution in [3.8, 4) is 11.5 Å². The number of nitro groups is 2. The lowest BCUT2D eigenvalue weighted by Crippen LogP contribution is -2.05. The first-order valence-electron chi connectivity index (χ1n) is 14.7. The number of ether oxygens (including phenoxy) is 2. The van der Waals surface area contributed by atoms with E-state index in [1.807, 2.05) is 26.4 Å². The fourth-order valence-electron chi connectivity index (χ4n) is 4.08. The third kappa shape index (κ3) is 11.1. The quantitative estimate of drug-likeness (QED) is 0.0930. The number of halogens is 1. The van der Waals surface area contributed by atoms with Gasteiger partial charge in [-0.2, -0.15) is 15.2 Å². The van der Waals surface area contributed by atoms with Crippen LogP contribution in [0.1, 0.15) is 11.5 Å². The van der Waals surface area contributed by atoms with Gasteiger partial charge in [-0.15, -0.1) is 0 Å². The average molecular weight is 718 g/mol. The monoisotopic (exact) mass is 717 g/mol. The number of nitrogens with two attached hydrogens (primary N) is 1. The Labute approximate surface area is 295 Å². The van der Waals surface area contributed by atoms with Crippen LogP contribution in [-0.2, 0) is 20.5 Å². The van der Waals surface area contributed by atoms with Gasteiger partial charge in [0.25, 0.3) is 0 Å². The van der Waals surface area contributed by atoms with Crippen LogP contribution in [0.15, 0.2) is 85.5 Å². The Morgan fingerprint density at radius 2 is 1.24 bits per heavy atom. The van der Waals surface area contributed by atoms with Crippen LogP contribution in [-0.4, -0.2) is 63.6 Å². The summed E-state index contributed by atoms with van der Waals surface area (Å²) in [5, 5.41) is 35.9. The molecule has 4 aromatic heterocycles. The first-order valence-corrected chi connectivity index (χ1v) is 15.0. The van der Waals surface area contributed by atoms with E-state index in [0.29, 0.717) is 40.9 Å². The molecule has 0 aliphatic rings. The van der Waals surface area contributed by atoms with Gasteiger partial charge in [0, 0.05) is 37.9 Å². The van der Waals surface area contributed by atoms with Gasteiger partial charge in [0.1, 0.15) is 35.5 Å². The third-order valence-corrected chi connectivity index (χ3v) is 6.68. The Bertz CT molecular complexity index is 2060. The largest absolute Gasteiger partial charge is 0.497 e. The summed E-state index contributed by atoms with van der Waals surface area (Å²) in [5.41, 5.74) is 6.87. The van der Waals surface area contributed by atoms with Crippen molar-refractivity contribution in [3.05, 3.63) is 122 Å². The zero-order valence-corrected chi connectivity index (χ0v) is 28.4. The maximum absolute atomic E-state index is 11.2. The molecule has 4 heterocycles. The first-order chi connectivity index (χ1) is 24.4. The zero-order chi connectivity index (χ0) is 36.9. The minimum Gasteiger partial charge on any atom is -0.497 e. The van der Waals surface area contributed by atoms with Gasteiger partial charge >= 0.3 is 11.4 Å². The molecule has 0 bridgehead atoms. The van der Waals surface area contributed by atoms with Crippen molar-refractivity contribution in [2.24, 2.45) is 14.1 Å². The molecule has 0 unspecified atom stereocenters. The third-order valence-electron chi connectivity index (χ3n) is 6.50. The highest BCUT2D eigenvalue weighted by Crippen LogP contribution is 2.28. The summed E-state index contributed by atoms with van der Waals surface area (Å²) in [5.74, 6) is 2.56. The highest BCUT2D eigenvalue weighted by molar-refractivity contribution is 6.28. The predicted octanol–water partition coefficient (Wildman–Crippen LogP) is 5.25. The summed E-state index contributed by atoms with van der Waals surface area (Å²) >= 11 is 5.63. The lowest BCUT2D eigenvalue weighted by atomic mass is 10.3. The molecule has 0 atom stereocenters. The van der Waals surface area contributed by atoms with E-state index < -0.39 is 9.85 Å². The Hall–Kier alpha value is -6.89. The molecule has 0 spiro atoms. The molecule has 19 nitrogen and oxygen atoms in total. The fourth-order valence-corrected chi connectivity index (χ4v) is 4.21. The predicted molar refractivity (Wildman–Crippen MR) is 189 cm³/mol. The Morgan fingerprint density at radius 3 is 1.65 bits per heavy atom. The molecule has 0 amide bonds. The molecule has 6 rings (SSSR count). The number of methoxy groups -OCH3 is 2. The van der Waals surface area contributed by atoms with Crippen molar-refractivity contribution in [2.75, 3.05) is 30.6 Å². The van der Waals surface area contributed by atoms with Gasteiger partial charge in [-0.05, 0) is 72.3 Å². The molecule has 0 aliphatic carbocycles. The van der Waals surface area contributed by atoms with Crippen molar-refractivity contribution in [1.29, 1.82) is 0 Å². The van der Waals surface area contributed by atoms with Crippen LogP contribution in [0.5, 0.6) is 11.5 Å². The molecule has 4 N–H and O–H groups in total. The van der Waals surface area contributed by atoms with Gasteiger partial charge in [-0.3, -0.25) is 29.6 Å². The van der Waals surface area contributed by atoms with E-state index in [9.17, 15) is 20.2 Å².